The van der Waals surface area contributed by atoms with Crippen LogP contribution in [0.5, 0.6) is 0 Å². The molecule has 19 heavy (non-hydrogen) atoms. The molecule has 6 heteroatoms. The van der Waals surface area contributed by atoms with Gasteiger partial charge in [0.2, 0.25) is 0 Å². The van der Waals surface area contributed by atoms with Gasteiger partial charge in [0.15, 0.2) is 0 Å². The van der Waals surface area contributed by atoms with E-state index in [1.165, 1.54) is 24.3 Å². The van der Waals surface area contributed by atoms with Crippen LogP contribution < -0.4 is 0 Å². The second-order valence-corrected chi connectivity index (χ2v) is 5.48. The zero-order chi connectivity index (χ0) is 14.2. The number of hydrogen-bond donors (Lipinski definition) is 1. The van der Waals surface area contributed by atoms with E-state index in [9.17, 15) is 13.6 Å². The maximum Gasteiger partial charge on any atom is 0.336 e. The third kappa shape index (κ3) is 2.69. The van der Waals surface area contributed by atoms with Gasteiger partial charge in [-0.05, 0) is 40.2 Å². The van der Waals surface area contributed by atoms with Gasteiger partial charge >= 0.3 is 5.97 Å². The van der Waals surface area contributed by atoms with Gasteiger partial charge in [0.05, 0.1) is 15.6 Å². The molecule has 0 heterocycles. The van der Waals surface area contributed by atoms with Gasteiger partial charge in [-0.15, -0.1) is 0 Å². The molecule has 0 spiro atoms. The molecule has 1 N–H and O–H groups in total. The minimum absolute atomic E-state index is 0.00741. The first-order chi connectivity index (χ1) is 8.91. The van der Waals surface area contributed by atoms with Crippen molar-refractivity contribution in [2.45, 2.75) is 0 Å². The average Bonchev–Trinajstić information content (AvgIpc) is 2.36. The van der Waals surface area contributed by atoms with Crippen LogP contribution in [-0.2, 0) is 0 Å². The molecule has 0 aliphatic rings. The van der Waals surface area contributed by atoms with Crippen LogP contribution in [0, 0.1) is 11.6 Å². The van der Waals surface area contributed by atoms with Crippen molar-refractivity contribution in [1.82, 2.24) is 0 Å². The summed E-state index contributed by atoms with van der Waals surface area (Å²) in [6, 6.07) is 6.50. The van der Waals surface area contributed by atoms with E-state index in [4.69, 9.17) is 5.11 Å². The van der Waals surface area contributed by atoms with Crippen molar-refractivity contribution < 1.29 is 18.7 Å². The molecule has 0 bridgehead atoms. The first-order valence-electron chi connectivity index (χ1n) is 5.08. The van der Waals surface area contributed by atoms with E-state index < -0.39 is 17.6 Å². The Morgan fingerprint density at radius 2 is 1.79 bits per heavy atom. The molecular formula is C13H6Br2F2O2. The minimum Gasteiger partial charge on any atom is -0.478 e. The van der Waals surface area contributed by atoms with E-state index in [-0.39, 0.29) is 21.2 Å². The molecule has 2 rings (SSSR count). The van der Waals surface area contributed by atoms with Gasteiger partial charge in [-0.25, -0.2) is 13.6 Å². The Morgan fingerprint density at radius 1 is 1.11 bits per heavy atom. The summed E-state index contributed by atoms with van der Waals surface area (Å²) in [5.41, 5.74) is -0.545. The second-order valence-electron chi connectivity index (χ2n) is 3.71. The summed E-state index contributed by atoms with van der Waals surface area (Å²) in [6.45, 7) is 0. The van der Waals surface area contributed by atoms with Crippen LogP contribution in [-0.4, -0.2) is 11.1 Å². The fraction of sp³-hybridized carbons (Fsp3) is 0. The predicted molar refractivity (Wildman–Crippen MR) is 74.2 cm³/mol. The highest BCUT2D eigenvalue weighted by Gasteiger charge is 2.20. The van der Waals surface area contributed by atoms with Crippen molar-refractivity contribution in [2.24, 2.45) is 0 Å². The molecule has 2 aromatic rings. The first-order valence-corrected chi connectivity index (χ1v) is 6.67. The largest absolute Gasteiger partial charge is 0.478 e. The van der Waals surface area contributed by atoms with Crippen LogP contribution in [0.15, 0.2) is 39.3 Å². The van der Waals surface area contributed by atoms with Crippen molar-refractivity contribution in [2.75, 3.05) is 0 Å². The summed E-state index contributed by atoms with van der Waals surface area (Å²) >= 11 is 6.08. The molecule has 0 saturated heterocycles. The monoisotopic (exact) mass is 390 g/mol. The normalized spacial score (nSPS) is 10.5. The lowest BCUT2D eigenvalue weighted by Gasteiger charge is -2.10. The van der Waals surface area contributed by atoms with Gasteiger partial charge in [-0.1, -0.05) is 22.0 Å². The fourth-order valence-corrected chi connectivity index (χ4v) is 2.38. The van der Waals surface area contributed by atoms with Gasteiger partial charge in [0.25, 0.3) is 0 Å². The maximum atomic E-state index is 14.0. The Kier molecular flexibility index (Phi) is 4.01. The zero-order valence-corrected chi connectivity index (χ0v) is 12.4. The lowest BCUT2D eigenvalue weighted by molar-refractivity contribution is 0.0697. The molecule has 2 aromatic carbocycles. The fourth-order valence-electron chi connectivity index (χ4n) is 1.69. The number of rotatable bonds is 2. The van der Waals surface area contributed by atoms with Crippen molar-refractivity contribution in [3.05, 3.63) is 56.5 Å². The summed E-state index contributed by atoms with van der Waals surface area (Å²) in [4.78, 5) is 11.2. The Morgan fingerprint density at radius 3 is 2.42 bits per heavy atom. The quantitative estimate of drug-likeness (QED) is 0.742. The van der Waals surface area contributed by atoms with Crippen LogP contribution in [0.25, 0.3) is 11.1 Å². The summed E-state index contributed by atoms with van der Waals surface area (Å²) in [5, 5.41) is 9.13. The van der Waals surface area contributed by atoms with Gasteiger partial charge in [0.1, 0.15) is 11.6 Å². The van der Waals surface area contributed by atoms with E-state index in [2.05, 4.69) is 31.9 Å². The first kappa shape index (κ1) is 14.1. The van der Waals surface area contributed by atoms with Crippen molar-refractivity contribution in [1.29, 1.82) is 0 Å². The number of carboxylic acids is 1. The highest BCUT2D eigenvalue weighted by molar-refractivity contribution is 9.10. The van der Waals surface area contributed by atoms with Crippen molar-refractivity contribution >= 4 is 37.8 Å². The SMILES string of the molecule is O=C(O)c1cc(Br)ccc1-c1c(F)ccc(Br)c1F. The minimum atomic E-state index is -1.25. The topological polar surface area (TPSA) is 37.3 Å². The summed E-state index contributed by atoms with van der Waals surface area (Å²) < 4.78 is 28.4. The van der Waals surface area contributed by atoms with Gasteiger partial charge < -0.3 is 5.11 Å². The summed E-state index contributed by atoms with van der Waals surface area (Å²) in [7, 11) is 0. The van der Waals surface area contributed by atoms with E-state index in [0.717, 1.165) is 6.07 Å². The van der Waals surface area contributed by atoms with Gasteiger partial charge in [-0.2, -0.15) is 0 Å². The molecule has 0 amide bonds. The Hall–Kier alpha value is -1.27. The number of hydrogen-bond acceptors (Lipinski definition) is 1. The van der Waals surface area contributed by atoms with E-state index in [1.54, 1.807) is 0 Å². The van der Waals surface area contributed by atoms with Gasteiger partial charge in [0, 0.05) is 10.0 Å². The molecule has 0 radical (unpaired) electrons. The number of halogens is 4. The number of benzene rings is 2. The summed E-state index contributed by atoms with van der Waals surface area (Å²) in [6.07, 6.45) is 0. The van der Waals surface area contributed by atoms with Crippen LogP contribution >= 0.6 is 31.9 Å². The smallest absolute Gasteiger partial charge is 0.336 e. The molecule has 2 nitrogen and oxygen atoms in total. The lowest BCUT2D eigenvalue weighted by atomic mass is 9.99. The van der Waals surface area contributed by atoms with Gasteiger partial charge in [-0.3, -0.25) is 0 Å². The lowest BCUT2D eigenvalue weighted by Crippen LogP contribution is -2.02. The molecule has 0 atom stereocenters. The Labute approximate surface area is 124 Å². The molecule has 0 unspecified atom stereocenters. The zero-order valence-electron chi connectivity index (χ0n) is 9.25. The molecule has 0 aliphatic carbocycles. The number of aromatic carboxylic acids is 1. The van der Waals surface area contributed by atoms with E-state index in [1.807, 2.05) is 0 Å². The maximum absolute atomic E-state index is 14.0. The molecular weight excluding hydrogens is 386 g/mol. The molecule has 0 saturated carbocycles. The molecule has 98 valence electrons. The van der Waals surface area contributed by atoms with E-state index in [0.29, 0.717) is 4.47 Å². The Balaban J connectivity index is 2.79. The summed E-state index contributed by atoms with van der Waals surface area (Å²) in [5.74, 6) is -2.90. The van der Waals surface area contributed by atoms with Crippen LogP contribution in [0.3, 0.4) is 0 Å². The molecule has 0 fully saturated rings. The van der Waals surface area contributed by atoms with Crippen LogP contribution in [0.2, 0.25) is 0 Å². The standard InChI is InChI=1S/C13H6Br2F2O2/c14-6-1-2-7(8(5-6)13(18)19)11-10(16)4-3-9(15)12(11)17/h1-5H,(H,18,19). The van der Waals surface area contributed by atoms with Crippen LogP contribution in [0.4, 0.5) is 8.78 Å². The van der Waals surface area contributed by atoms with E-state index >= 15 is 0 Å². The highest BCUT2D eigenvalue weighted by Crippen LogP contribution is 2.34. The predicted octanol–water partition coefficient (Wildman–Crippen LogP) is 4.86. The van der Waals surface area contributed by atoms with Crippen LogP contribution in [0.1, 0.15) is 10.4 Å². The molecule has 0 aliphatic heterocycles. The highest BCUT2D eigenvalue weighted by atomic mass is 79.9. The van der Waals surface area contributed by atoms with Crippen molar-refractivity contribution in [3.8, 4) is 11.1 Å². The third-order valence-electron chi connectivity index (χ3n) is 2.53. The second kappa shape index (κ2) is 5.38. The Bertz CT molecular complexity index is 672. The average molecular weight is 392 g/mol. The number of carbonyl (C=O) groups is 1. The van der Waals surface area contributed by atoms with Crippen molar-refractivity contribution in [3.63, 3.8) is 0 Å². The number of carboxylic acid groups (broad SMARTS) is 1. The third-order valence-corrected chi connectivity index (χ3v) is 3.63. The molecule has 0 aromatic heterocycles.